The molecule has 1 atom stereocenters. The summed E-state index contributed by atoms with van der Waals surface area (Å²) in [6, 6.07) is 0. The number of carbonyl (C=O) groups is 1. The number of rotatable bonds is 0. The van der Waals surface area contributed by atoms with Crippen LogP contribution in [0.4, 0.5) is 0 Å². The average molecular weight is 182 g/mol. The van der Waals surface area contributed by atoms with Crippen LogP contribution in [0.15, 0.2) is 0 Å². The van der Waals surface area contributed by atoms with E-state index < -0.39 is 0 Å². The minimum Gasteiger partial charge on any atom is -0.342 e. The summed E-state index contributed by atoms with van der Waals surface area (Å²) in [4.78, 5) is 13.3. The Hall–Kier alpha value is -0.570. The second-order valence-corrected chi connectivity index (χ2v) is 4.47. The Morgan fingerprint density at radius 3 is 2.92 bits per heavy atom. The number of carbonyl (C=O) groups excluding carboxylic acids is 1. The summed E-state index contributed by atoms with van der Waals surface area (Å²) >= 11 is 0. The zero-order chi connectivity index (χ0) is 9.31. The maximum atomic E-state index is 11.2. The molecule has 1 unspecified atom stereocenters. The standard InChI is InChI=1S/C10H18N2O/c1-9(13)12-6-2-3-10(8-12)4-5-11-7-10/h11H,2-8H2,1H3. The zero-order valence-electron chi connectivity index (χ0n) is 8.31. The lowest BCUT2D eigenvalue weighted by Crippen LogP contribution is -2.46. The quantitative estimate of drug-likeness (QED) is 0.595. The fraction of sp³-hybridized carbons (Fsp3) is 0.900. The Morgan fingerprint density at radius 2 is 2.31 bits per heavy atom. The first-order chi connectivity index (χ1) is 6.22. The third kappa shape index (κ3) is 1.70. The molecule has 0 aromatic rings. The van der Waals surface area contributed by atoms with Crippen LogP contribution in [0, 0.1) is 5.41 Å². The molecule has 0 aliphatic carbocycles. The molecule has 0 bridgehead atoms. The highest BCUT2D eigenvalue weighted by Gasteiger charge is 2.38. The Balaban J connectivity index is 2.02. The fourth-order valence-electron chi connectivity index (χ4n) is 2.62. The van der Waals surface area contributed by atoms with Crippen LogP contribution in [0.3, 0.4) is 0 Å². The molecule has 2 rings (SSSR count). The number of piperidine rings is 1. The maximum absolute atomic E-state index is 11.2. The van der Waals surface area contributed by atoms with Gasteiger partial charge in [-0.25, -0.2) is 0 Å². The highest BCUT2D eigenvalue weighted by atomic mass is 16.2. The molecule has 3 heteroatoms. The molecule has 2 aliphatic rings. The maximum Gasteiger partial charge on any atom is 0.219 e. The summed E-state index contributed by atoms with van der Waals surface area (Å²) in [5, 5.41) is 3.40. The lowest BCUT2D eigenvalue weighted by molar-refractivity contribution is -0.132. The van der Waals surface area contributed by atoms with Crippen molar-refractivity contribution >= 4 is 5.91 Å². The Bertz CT molecular complexity index is 209. The van der Waals surface area contributed by atoms with E-state index in [1.807, 2.05) is 4.90 Å². The van der Waals surface area contributed by atoms with Gasteiger partial charge in [0.2, 0.25) is 5.91 Å². The van der Waals surface area contributed by atoms with E-state index in [1.54, 1.807) is 6.92 Å². The van der Waals surface area contributed by atoms with E-state index in [2.05, 4.69) is 5.32 Å². The topological polar surface area (TPSA) is 32.3 Å². The van der Waals surface area contributed by atoms with E-state index in [0.29, 0.717) is 5.41 Å². The summed E-state index contributed by atoms with van der Waals surface area (Å²) in [5.74, 6) is 0.242. The number of hydrogen-bond acceptors (Lipinski definition) is 2. The van der Waals surface area contributed by atoms with Crippen molar-refractivity contribution in [3.8, 4) is 0 Å². The van der Waals surface area contributed by atoms with Gasteiger partial charge in [-0.3, -0.25) is 4.79 Å². The summed E-state index contributed by atoms with van der Waals surface area (Å²) < 4.78 is 0. The molecular weight excluding hydrogens is 164 g/mol. The molecule has 0 aromatic heterocycles. The van der Waals surface area contributed by atoms with Crippen molar-refractivity contribution < 1.29 is 4.79 Å². The van der Waals surface area contributed by atoms with Gasteiger partial charge >= 0.3 is 0 Å². The average Bonchev–Trinajstić information content (AvgIpc) is 2.53. The van der Waals surface area contributed by atoms with Gasteiger partial charge in [0.25, 0.3) is 0 Å². The van der Waals surface area contributed by atoms with Crippen molar-refractivity contribution in [3.05, 3.63) is 0 Å². The third-order valence-electron chi connectivity index (χ3n) is 3.44. The lowest BCUT2D eigenvalue weighted by atomic mass is 9.79. The molecule has 0 radical (unpaired) electrons. The van der Waals surface area contributed by atoms with Crippen LogP contribution in [-0.4, -0.2) is 37.0 Å². The molecule has 13 heavy (non-hydrogen) atoms. The fourth-order valence-corrected chi connectivity index (χ4v) is 2.62. The van der Waals surface area contributed by atoms with Crippen LogP contribution in [0.2, 0.25) is 0 Å². The normalized spacial score (nSPS) is 34.1. The van der Waals surface area contributed by atoms with Crippen molar-refractivity contribution in [2.75, 3.05) is 26.2 Å². The van der Waals surface area contributed by atoms with Gasteiger partial charge in [-0.2, -0.15) is 0 Å². The van der Waals surface area contributed by atoms with E-state index in [0.717, 1.165) is 26.2 Å². The van der Waals surface area contributed by atoms with Gasteiger partial charge in [-0.1, -0.05) is 0 Å². The van der Waals surface area contributed by atoms with Gasteiger partial charge in [0.05, 0.1) is 0 Å². The van der Waals surface area contributed by atoms with Crippen LogP contribution >= 0.6 is 0 Å². The molecular formula is C10H18N2O. The predicted octanol–water partition coefficient (Wildman–Crippen LogP) is 0.608. The minimum atomic E-state index is 0.242. The number of likely N-dealkylation sites (tertiary alicyclic amines) is 1. The molecule has 2 aliphatic heterocycles. The van der Waals surface area contributed by atoms with Crippen molar-refractivity contribution in [2.24, 2.45) is 5.41 Å². The lowest BCUT2D eigenvalue weighted by Gasteiger charge is -2.39. The van der Waals surface area contributed by atoms with Crippen LogP contribution in [-0.2, 0) is 4.79 Å². The van der Waals surface area contributed by atoms with Gasteiger partial charge in [0.15, 0.2) is 0 Å². The molecule has 3 nitrogen and oxygen atoms in total. The van der Waals surface area contributed by atoms with Crippen LogP contribution in [0.5, 0.6) is 0 Å². The van der Waals surface area contributed by atoms with Gasteiger partial charge in [0.1, 0.15) is 0 Å². The molecule has 2 saturated heterocycles. The van der Waals surface area contributed by atoms with Crippen LogP contribution in [0.25, 0.3) is 0 Å². The van der Waals surface area contributed by atoms with E-state index >= 15 is 0 Å². The van der Waals surface area contributed by atoms with Gasteiger partial charge in [-0.05, 0) is 25.8 Å². The van der Waals surface area contributed by atoms with Crippen molar-refractivity contribution in [1.82, 2.24) is 10.2 Å². The van der Waals surface area contributed by atoms with Gasteiger partial charge < -0.3 is 10.2 Å². The molecule has 0 saturated carbocycles. The Kier molecular flexibility index (Phi) is 2.28. The Morgan fingerprint density at radius 1 is 1.46 bits per heavy atom. The monoisotopic (exact) mass is 182 g/mol. The van der Waals surface area contributed by atoms with Crippen molar-refractivity contribution in [1.29, 1.82) is 0 Å². The zero-order valence-corrected chi connectivity index (χ0v) is 8.31. The first-order valence-corrected chi connectivity index (χ1v) is 5.18. The summed E-state index contributed by atoms with van der Waals surface area (Å²) in [7, 11) is 0. The van der Waals surface area contributed by atoms with Crippen LogP contribution in [0.1, 0.15) is 26.2 Å². The Labute approximate surface area is 79.5 Å². The highest BCUT2D eigenvalue weighted by Crippen LogP contribution is 2.35. The van der Waals surface area contributed by atoms with Crippen LogP contribution < -0.4 is 5.32 Å². The number of nitrogens with zero attached hydrogens (tertiary/aromatic N) is 1. The largest absolute Gasteiger partial charge is 0.342 e. The summed E-state index contributed by atoms with van der Waals surface area (Å²) in [6.07, 6.45) is 3.72. The van der Waals surface area contributed by atoms with Gasteiger partial charge in [-0.15, -0.1) is 0 Å². The first-order valence-electron chi connectivity index (χ1n) is 5.18. The van der Waals surface area contributed by atoms with E-state index in [-0.39, 0.29) is 5.91 Å². The second-order valence-electron chi connectivity index (χ2n) is 4.47. The molecule has 2 heterocycles. The predicted molar refractivity (Wildman–Crippen MR) is 51.4 cm³/mol. The van der Waals surface area contributed by atoms with E-state index in [1.165, 1.54) is 19.3 Å². The molecule has 1 spiro atoms. The molecule has 74 valence electrons. The first kappa shape index (κ1) is 9.00. The summed E-state index contributed by atoms with van der Waals surface area (Å²) in [6.45, 7) is 5.87. The molecule has 1 N–H and O–H groups in total. The van der Waals surface area contributed by atoms with E-state index in [4.69, 9.17) is 0 Å². The highest BCUT2D eigenvalue weighted by molar-refractivity contribution is 5.73. The number of nitrogens with one attached hydrogen (secondary N) is 1. The SMILES string of the molecule is CC(=O)N1CCCC2(CCNC2)C1. The smallest absolute Gasteiger partial charge is 0.219 e. The second kappa shape index (κ2) is 3.29. The third-order valence-corrected chi connectivity index (χ3v) is 3.44. The molecule has 2 fully saturated rings. The number of hydrogen-bond donors (Lipinski definition) is 1. The van der Waals surface area contributed by atoms with Gasteiger partial charge in [0, 0.05) is 32.0 Å². The number of amides is 1. The molecule has 1 amide bonds. The molecule has 0 aromatic carbocycles. The summed E-state index contributed by atoms with van der Waals surface area (Å²) in [5.41, 5.74) is 0.421. The minimum absolute atomic E-state index is 0.242. The van der Waals surface area contributed by atoms with E-state index in [9.17, 15) is 4.79 Å². The van der Waals surface area contributed by atoms with Crippen molar-refractivity contribution in [3.63, 3.8) is 0 Å². The van der Waals surface area contributed by atoms with Crippen molar-refractivity contribution in [2.45, 2.75) is 26.2 Å².